The molecule has 0 radical (unpaired) electrons. The molecule has 0 heterocycles. The third-order valence-corrected chi connectivity index (χ3v) is 12.7. The third kappa shape index (κ3) is 7.63. The molecule has 1 N–H and O–H groups in total. The molecule has 8 unspecified atom stereocenters. The summed E-state index contributed by atoms with van der Waals surface area (Å²) in [7, 11) is 1.38. The maximum absolute atomic E-state index is 17.8. The van der Waals surface area contributed by atoms with E-state index in [2.05, 4.69) is 6.92 Å². The number of hydrogen-bond donors (Lipinski definition) is 1. The number of hydrogen-bond acceptors (Lipinski definition) is 11. The molecule has 0 aromatic heterocycles. The first-order valence-electron chi connectivity index (χ1n) is 19.5. The van der Waals surface area contributed by atoms with Crippen LogP contribution in [-0.2, 0) is 33.4 Å². The molecule has 12 heteroatoms. The van der Waals surface area contributed by atoms with E-state index >= 15 is 4.39 Å². The van der Waals surface area contributed by atoms with Gasteiger partial charge in [0.25, 0.3) is 0 Å². The molecule has 0 spiro atoms. The number of halogens is 1. The Morgan fingerprint density at radius 1 is 1.02 bits per heavy atom. The molecule has 0 aliphatic heterocycles. The van der Waals surface area contributed by atoms with Crippen molar-refractivity contribution in [2.24, 2.45) is 28.6 Å². The number of ether oxygens (including phenoxy) is 5. The predicted molar refractivity (Wildman–Crippen MR) is 201 cm³/mol. The van der Waals surface area contributed by atoms with Gasteiger partial charge >= 0.3 is 18.1 Å². The standard InChI is InChI=1S/C43H55FO11/c1-7-9-11-21-52-37(48)18-14-28-13-17-33(34(23-28)51-6)54-39(50)53-26-36(47)43(55-38(49)12-10-8-2)27(3)22-32-31-16-15-29-24-30(45)19-20-40(29,4)42(31,44)35(46)25-41(32,43)5/h13-14,17-20,23-24,27,31-32,35,46H,7-12,15-16,21-22,25-26H2,1-6H3. The van der Waals surface area contributed by atoms with Crippen molar-refractivity contribution in [2.75, 3.05) is 20.3 Å². The Balaban J connectivity index is 1.35. The summed E-state index contributed by atoms with van der Waals surface area (Å²) in [6.45, 7) is 8.77. The molecule has 3 fully saturated rings. The summed E-state index contributed by atoms with van der Waals surface area (Å²) in [5, 5.41) is 11.9. The van der Waals surface area contributed by atoms with Gasteiger partial charge in [-0.3, -0.25) is 14.4 Å². The highest BCUT2D eigenvalue weighted by molar-refractivity contribution is 6.01. The normalized spacial score (nSPS) is 32.1. The van der Waals surface area contributed by atoms with E-state index in [0.717, 1.165) is 19.3 Å². The molecule has 11 nitrogen and oxygen atoms in total. The summed E-state index contributed by atoms with van der Waals surface area (Å²) in [6.07, 6.45) is 9.36. The first kappa shape index (κ1) is 41.8. The fourth-order valence-corrected chi connectivity index (χ4v) is 9.91. The zero-order valence-corrected chi connectivity index (χ0v) is 32.8. The number of Topliss-reactive ketones (excluding diaryl/α,β-unsaturated/α-hetero) is 1. The van der Waals surface area contributed by atoms with Crippen LogP contribution in [0.1, 0.15) is 104 Å². The van der Waals surface area contributed by atoms with Gasteiger partial charge in [-0.05, 0) is 87.3 Å². The molecule has 8 atom stereocenters. The van der Waals surface area contributed by atoms with Gasteiger partial charge < -0.3 is 28.8 Å². The first-order chi connectivity index (χ1) is 26.1. The number of unbranched alkanes of at least 4 members (excludes halogenated alkanes) is 3. The number of allylic oxidation sites excluding steroid dienone is 4. The third-order valence-electron chi connectivity index (χ3n) is 12.7. The molecular formula is C43H55FO11. The van der Waals surface area contributed by atoms with E-state index in [4.69, 9.17) is 23.7 Å². The average Bonchev–Trinajstić information content (AvgIpc) is 3.37. The molecule has 0 amide bonds. The van der Waals surface area contributed by atoms with E-state index in [1.165, 1.54) is 37.5 Å². The number of alkyl halides is 1. The van der Waals surface area contributed by atoms with E-state index in [-0.39, 0.29) is 30.1 Å². The number of aliphatic hydroxyl groups is 1. The van der Waals surface area contributed by atoms with Crippen molar-refractivity contribution in [1.29, 1.82) is 0 Å². The lowest BCUT2D eigenvalue weighted by Crippen LogP contribution is -2.70. The van der Waals surface area contributed by atoms with Crippen LogP contribution in [0, 0.1) is 28.6 Å². The van der Waals surface area contributed by atoms with Crippen molar-refractivity contribution in [1.82, 2.24) is 0 Å². The number of aliphatic hydroxyl groups excluding tert-OH is 1. The SMILES string of the molecule is CCCCCOC(=O)C=Cc1ccc(OC(=O)OCC(=O)C2(OC(=O)CCCC)C(C)CC3C4CCC5=CC(=O)C=CC5(C)C4(F)C(O)CC32C)c(OC)c1. The minimum atomic E-state index is -2.15. The summed E-state index contributed by atoms with van der Waals surface area (Å²) in [5.74, 6) is -3.67. The van der Waals surface area contributed by atoms with E-state index < -0.39 is 76.4 Å². The molecule has 4 aliphatic carbocycles. The maximum Gasteiger partial charge on any atom is 0.514 e. The monoisotopic (exact) mass is 766 g/mol. The minimum Gasteiger partial charge on any atom is -0.493 e. The maximum atomic E-state index is 17.8. The second-order valence-corrected chi connectivity index (χ2v) is 15.9. The van der Waals surface area contributed by atoms with Crippen molar-refractivity contribution in [3.63, 3.8) is 0 Å². The van der Waals surface area contributed by atoms with Gasteiger partial charge in [-0.25, -0.2) is 14.0 Å². The largest absolute Gasteiger partial charge is 0.514 e. The predicted octanol–water partition coefficient (Wildman–Crippen LogP) is 7.62. The van der Waals surface area contributed by atoms with Gasteiger partial charge in [-0.2, -0.15) is 0 Å². The van der Waals surface area contributed by atoms with Gasteiger partial charge in [0.2, 0.25) is 5.78 Å². The second-order valence-electron chi connectivity index (χ2n) is 15.9. The Labute approximate surface area is 322 Å². The summed E-state index contributed by atoms with van der Waals surface area (Å²) in [5.41, 5.74) is -5.24. The molecule has 0 bridgehead atoms. The van der Waals surface area contributed by atoms with Gasteiger partial charge in [-0.1, -0.05) is 64.7 Å². The van der Waals surface area contributed by atoms with Gasteiger partial charge in [-0.15, -0.1) is 0 Å². The van der Waals surface area contributed by atoms with Gasteiger partial charge in [0.05, 0.1) is 19.8 Å². The Bertz CT molecular complexity index is 1750. The lowest BCUT2D eigenvalue weighted by molar-refractivity contribution is -0.228. The van der Waals surface area contributed by atoms with Crippen molar-refractivity contribution < 1.29 is 57.2 Å². The Morgan fingerprint density at radius 3 is 2.47 bits per heavy atom. The highest BCUT2D eigenvalue weighted by Crippen LogP contribution is 2.71. The highest BCUT2D eigenvalue weighted by atomic mass is 19.1. The fourth-order valence-electron chi connectivity index (χ4n) is 9.91. The van der Waals surface area contributed by atoms with E-state index in [0.29, 0.717) is 49.8 Å². The van der Waals surface area contributed by atoms with Crippen LogP contribution in [0.25, 0.3) is 6.08 Å². The lowest BCUT2D eigenvalue weighted by Gasteiger charge is -2.62. The van der Waals surface area contributed by atoms with E-state index in [9.17, 15) is 29.1 Å². The number of ketones is 2. The van der Waals surface area contributed by atoms with Crippen LogP contribution in [0.2, 0.25) is 0 Å². The van der Waals surface area contributed by atoms with Crippen molar-refractivity contribution in [2.45, 2.75) is 116 Å². The van der Waals surface area contributed by atoms with Crippen LogP contribution in [-0.4, -0.2) is 72.5 Å². The number of fused-ring (bicyclic) bond motifs is 5. The van der Waals surface area contributed by atoms with E-state index in [1.807, 2.05) is 6.92 Å². The summed E-state index contributed by atoms with van der Waals surface area (Å²) in [4.78, 5) is 65.4. The topological polar surface area (TPSA) is 152 Å². The van der Waals surface area contributed by atoms with Crippen molar-refractivity contribution in [3.8, 4) is 11.5 Å². The van der Waals surface area contributed by atoms with Crippen LogP contribution >= 0.6 is 0 Å². The van der Waals surface area contributed by atoms with Gasteiger partial charge in [0, 0.05) is 35.2 Å². The molecule has 55 heavy (non-hydrogen) atoms. The Kier molecular flexibility index (Phi) is 12.8. The van der Waals surface area contributed by atoms with Crippen molar-refractivity contribution in [3.05, 3.63) is 53.6 Å². The molecule has 300 valence electrons. The second kappa shape index (κ2) is 16.8. The van der Waals surface area contributed by atoms with Crippen LogP contribution < -0.4 is 9.47 Å². The molecular weight excluding hydrogens is 711 g/mol. The van der Waals surface area contributed by atoms with Crippen LogP contribution in [0.3, 0.4) is 0 Å². The number of methoxy groups -OCH3 is 1. The summed E-state index contributed by atoms with van der Waals surface area (Å²) in [6, 6.07) is 4.59. The molecule has 1 aromatic rings. The Hall–Kier alpha value is -4.32. The van der Waals surface area contributed by atoms with Crippen LogP contribution in [0.5, 0.6) is 11.5 Å². The molecule has 5 rings (SSSR count). The quantitative estimate of drug-likeness (QED) is 0.0617. The van der Waals surface area contributed by atoms with Crippen molar-refractivity contribution >= 4 is 35.7 Å². The number of carbonyl (C=O) groups excluding carboxylic acids is 5. The zero-order chi connectivity index (χ0) is 40.2. The molecule has 1 aromatic carbocycles. The summed E-state index contributed by atoms with van der Waals surface area (Å²) < 4.78 is 45.4. The van der Waals surface area contributed by atoms with Crippen LogP contribution in [0.4, 0.5) is 9.18 Å². The van der Waals surface area contributed by atoms with Crippen LogP contribution in [0.15, 0.2) is 48.1 Å². The van der Waals surface area contributed by atoms with Gasteiger partial charge in [0.15, 0.2) is 35.2 Å². The number of esters is 2. The average molecular weight is 767 g/mol. The first-order valence-corrected chi connectivity index (χ1v) is 19.5. The minimum absolute atomic E-state index is 0.00595. The molecule has 0 saturated heterocycles. The number of carbonyl (C=O) groups is 5. The Morgan fingerprint density at radius 2 is 1.76 bits per heavy atom. The van der Waals surface area contributed by atoms with E-state index in [1.54, 1.807) is 39.0 Å². The zero-order valence-electron chi connectivity index (χ0n) is 32.8. The molecule has 4 aliphatic rings. The fraction of sp³-hybridized carbons (Fsp3) is 0.605. The lowest BCUT2D eigenvalue weighted by atomic mass is 9.44. The highest BCUT2D eigenvalue weighted by Gasteiger charge is 2.77. The molecule has 3 saturated carbocycles. The smallest absolute Gasteiger partial charge is 0.493 e. The number of rotatable bonds is 15. The summed E-state index contributed by atoms with van der Waals surface area (Å²) >= 11 is 0. The van der Waals surface area contributed by atoms with Gasteiger partial charge in [0.1, 0.15) is 0 Å². The number of benzene rings is 1.